The molecule has 2 heteroatoms. The van der Waals surface area contributed by atoms with Crippen molar-refractivity contribution in [2.45, 2.75) is 105 Å². The maximum atomic E-state index is 12.3. The number of benzene rings is 1. The highest BCUT2D eigenvalue weighted by atomic mass is 16.5. The normalized spacial score (nSPS) is 17.5. The maximum absolute atomic E-state index is 12.3. The van der Waals surface area contributed by atoms with Gasteiger partial charge in [-0.15, -0.1) is 0 Å². The minimum atomic E-state index is 0.108. The summed E-state index contributed by atoms with van der Waals surface area (Å²) in [5.74, 6) is 2.37. The Morgan fingerprint density at radius 2 is 1.91 bits per heavy atom. The molecule has 2 atom stereocenters. The number of hydrogen-bond donors (Lipinski definition) is 0. The molecule has 0 aromatic heterocycles. The zero-order valence-electron chi connectivity index (χ0n) is 21.3. The van der Waals surface area contributed by atoms with Gasteiger partial charge in [-0.1, -0.05) is 95.0 Å². The summed E-state index contributed by atoms with van der Waals surface area (Å²) in [6.45, 7) is 15.4. The van der Waals surface area contributed by atoms with E-state index in [2.05, 4.69) is 71.5 Å². The van der Waals surface area contributed by atoms with Crippen molar-refractivity contribution in [3.8, 4) is 0 Å². The van der Waals surface area contributed by atoms with Crippen LogP contribution in [0.3, 0.4) is 0 Å². The summed E-state index contributed by atoms with van der Waals surface area (Å²) >= 11 is 0. The standard InChI is InChI=1S/C30H46O2/c1-23-11-14-28(15-12-23)22-32-25(3)13-16-27-19-17-26(18-20-27)10-8-7-9-24(2)29(31)21-30(4,5)6/h11-12,14-15,19,24,26H,3,7-10,13,16-18,20-22H2,1-2,4-6H3/t24?,26-/m1/s1. The number of carbonyl (C=O) groups is 1. The van der Waals surface area contributed by atoms with Crippen molar-refractivity contribution in [1.29, 1.82) is 0 Å². The Morgan fingerprint density at radius 3 is 2.53 bits per heavy atom. The summed E-state index contributed by atoms with van der Waals surface area (Å²) in [6, 6.07) is 8.49. The molecule has 0 saturated heterocycles. The molecule has 0 saturated carbocycles. The number of ketones is 1. The predicted octanol–water partition coefficient (Wildman–Crippen LogP) is 8.73. The SMILES string of the molecule is C=C(CCC1=CC[C@@H](CCCCC(C)C(=O)CC(C)(C)C)CC1)OCc1ccc(C)cc1. The van der Waals surface area contributed by atoms with Gasteiger partial charge < -0.3 is 4.74 Å². The van der Waals surface area contributed by atoms with Crippen LogP contribution in [0.4, 0.5) is 0 Å². The van der Waals surface area contributed by atoms with E-state index in [1.54, 1.807) is 5.57 Å². The van der Waals surface area contributed by atoms with Gasteiger partial charge in [-0.25, -0.2) is 0 Å². The molecule has 1 unspecified atom stereocenters. The van der Waals surface area contributed by atoms with E-state index in [4.69, 9.17) is 4.74 Å². The van der Waals surface area contributed by atoms with Crippen molar-refractivity contribution in [3.63, 3.8) is 0 Å². The molecular weight excluding hydrogens is 392 g/mol. The van der Waals surface area contributed by atoms with Crippen LogP contribution in [0.25, 0.3) is 0 Å². The average Bonchev–Trinajstić information content (AvgIpc) is 2.74. The van der Waals surface area contributed by atoms with Crippen molar-refractivity contribution in [1.82, 2.24) is 0 Å². The predicted molar refractivity (Wildman–Crippen MR) is 136 cm³/mol. The Labute approximate surface area is 197 Å². The highest BCUT2D eigenvalue weighted by molar-refractivity contribution is 5.81. The van der Waals surface area contributed by atoms with Crippen molar-refractivity contribution in [3.05, 3.63) is 59.4 Å². The van der Waals surface area contributed by atoms with Crippen molar-refractivity contribution in [2.24, 2.45) is 17.3 Å². The Balaban J connectivity index is 1.57. The van der Waals surface area contributed by atoms with Crippen LogP contribution in [0.2, 0.25) is 0 Å². The topological polar surface area (TPSA) is 26.3 Å². The van der Waals surface area contributed by atoms with Gasteiger partial charge in [-0.05, 0) is 55.9 Å². The molecule has 0 fully saturated rings. The van der Waals surface area contributed by atoms with Crippen LogP contribution >= 0.6 is 0 Å². The highest BCUT2D eigenvalue weighted by Gasteiger charge is 2.21. The van der Waals surface area contributed by atoms with E-state index >= 15 is 0 Å². The lowest BCUT2D eigenvalue weighted by Gasteiger charge is -2.23. The number of hydrogen-bond acceptors (Lipinski definition) is 2. The summed E-state index contributed by atoms with van der Waals surface area (Å²) in [4.78, 5) is 12.3. The number of allylic oxidation sites excluding steroid dienone is 3. The minimum Gasteiger partial charge on any atom is -0.494 e. The molecule has 1 aliphatic carbocycles. The van der Waals surface area contributed by atoms with Crippen LogP contribution in [0.1, 0.15) is 103 Å². The first-order valence-corrected chi connectivity index (χ1v) is 12.7. The van der Waals surface area contributed by atoms with Crippen LogP contribution in [0.5, 0.6) is 0 Å². The van der Waals surface area contributed by atoms with Crippen LogP contribution in [0, 0.1) is 24.2 Å². The quantitative estimate of drug-likeness (QED) is 0.175. The zero-order chi connectivity index (χ0) is 23.6. The second kappa shape index (κ2) is 13.0. The summed E-state index contributed by atoms with van der Waals surface area (Å²) in [7, 11) is 0. The third kappa shape index (κ3) is 10.7. The lowest BCUT2D eigenvalue weighted by Crippen LogP contribution is -2.19. The molecule has 0 heterocycles. The number of rotatable bonds is 13. The molecule has 0 amide bonds. The smallest absolute Gasteiger partial charge is 0.136 e. The van der Waals surface area contributed by atoms with Gasteiger partial charge in [0, 0.05) is 18.8 Å². The van der Waals surface area contributed by atoms with Gasteiger partial charge in [-0.3, -0.25) is 4.79 Å². The van der Waals surface area contributed by atoms with E-state index in [9.17, 15) is 4.79 Å². The van der Waals surface area contributed by atoms with Gasteiger partial charge in [0.2, 0.25) is 0 Å². The summed E-state index contributed by atoms with van der Waals surface area (Å²) in [5, 5.41) is 0. The van der Waals surface area contributed by atoms with Gasteiger partial charge in [-0.2, -0.15) is 0 Å². The zero-order valence-corrected chi connectivity index (χ0v) is 21.3. The van der Waals surface area contributed by atoms with Gasteiger partial charge in [0.1, 0.15) is 12.4 Å². The third-order valence-electron chi connectivity index (χ3n) is 6.66. The Hall–Kier alpha value is -1.83. The first kappa shape index (κ1) is 26.4. The van der Waals surface area contributed by atoms with Gasteiger partial charge in [0.15, 0.2) is 0 Å². The average molecular weight is 439 g/mol. The number of Topliss-reactive ketones (excluding diaryl/α,β-unsaturated/α-hetero) is 1. The first-order chi connectivity index (χ1) is 15.1. The van der Waals surface area contributed by atoms with Crippen LogP contribution in [-0.4, -0.2) is 5.78 Å². The Bertz CT molecular complexity index is 748. The second-order valence-corrected chi connectivity index (χ2v) is 11.2. The monoisotopic (exact) mass is 438 g/mol. The Kier molecular flexibility index (Phi) is 10.7. The lowest BCUT2D eigenvalue weighted by atomic mass is 9.83. The summed E-state index contributed by atoms with van der Waals surface area (Å²) in [5.41, 5.74) is 4.15. The third-order valence-corrected chi connectivity index (χ3v) is 6.66. The fourth-order valence-corrected chi connectivity index (χ4v) is 4.42. The summed E-state index contributed by atoms with van der Waals surface area (Å²) < 4.78 is 5.86. The van der Waals surface area contributed by atoms with Crippen LogP contribution in [0.15, 0.2) is 48.3 Å². The van der Waals surface area contributed by atoms with E-state index in [-0.39, 0.29) is 11.3 Å². The van der Waals surface area contributed by atoms with Gasteiger partial charge in [0.25, 0.3) is 0 Å². The number of carbonyl (C=O) groups excluding carboxylic acids is 1. The molecule has 0 bridgehead atoms. The van der Waals surface area contributed by atoms with E-state index < -0.39 is 0 Å². The molecule has 0 aliphatic heterocycles. The molecule has 1 aromatic rings. The molecule has 2 nitrogen and oxygen atoms in total. The van der Waals surface area contributed by atoms with E-state index in [1.807, 2.05) is 0 Å². The Morgan fingerprint density at radius 1 is 1.19 bits per heavy atom. The molecule has 0 N–H and O–H groups in total. The minimum absolute atomic E-state index is 0.108. The molecule has 1 aliphatic rings. The lowest BCUT2D eigenvalue weighted by molar-refractivity contribution is -0.124. The second-order valence-electron chi connectivity index (χ2n) is 11.2. The van der Waals surface area contributed by atoms with Gasteiger partial charge >= 0.3 is 0 Å². The fraction of sp³-hybridized carbons (Fsp3) is 0.633. The highest BCUT2D eigenvalue weighted by Crippen LogP contribution is 2.31. The van der Waals surface area contributed by atoms with Crippen LogP contribution in [-0.2, 0) is 16.1 Å². The molecule has 0 spiro atoms. The molecule has 0 radical (unpaired) electrons. The fourth-order valence-electron chi connectivity index (χ4n) is 4.42. The van der Waals surface area contributed by atoms with Crippen molar-refractivity contribution >= 4 is 5.78 Å². The number of ether oxygens (including phenoxy) is 1. The maximum Gasteiger partial charge on any atom is 0.136 e. The molecule has 2 rings (SSSR count). The summed E-state index contributed by atoms with van der Waals surface area (Å²) in [6.07, 6.45) is 13.7. The molecule has 178 valence electrons. The molecule has 32 heavy (non-hydrogen) atoms. The van der Waals surface area contributed by atoms with E-state index in [0.29, 0.717) is 18.8 Å². The van der Waals surface area contributed by atoms with E-state index in [0.717, 1.165) is 30.9 Å². The van der Waals surface area contributed by atoms with Crippen molar-refractivity contribution < 1.29 is 9.53 Å². The van der Waals surface area contributed by atoms with Crippen LogP contribution < -0.4 is 0 Å². The molecule has 1 aromatic carbocycles. The van der Waals surface area contributed by atoms with Crippen molar-refractivity contribution in [2.75, 3.05) is 0 Å². The van der Waals surface area contributed by atoms with Gasteiger partial charge in [0.05, 0.1) is 5.76 Å². The largest absolute Gasteiger partial charge is 0.494 e. The molecular formula is C30H46O2. The van der Waals surface area contributed by atoms with E-state index in [1.165, 1.54) is 49.7 Å². The first-order valence-electron chi connectivity index (χ1n) is 12.7. The number of unbranched alkanes of at least 4 members (excludes halogenated alkanes) is 1. The number of aryl methyl sites for hydroxylation is 1.